The van der Waals surface area contributed by atoms with Crippen LogP contribution in [0, 0.1) is 13.8 Å². The number of aromatic nitrogens is 1. The zero-order valence-electron chi connectivity index (χ0n) is 20.6. The first kappa shape index (κ1) is 24.4. The Morgan fingerprint density at radius 1 is 1.21 bits per heavy atom. The summed E-state index contributed by atoms with van der Waals surface area (Å²) < 4.78 is 7.72. The zero-order chi connectivity index (χ0) is 24.4. The molecule has 3 aromatic rings. The van der Waals surface area contributed by atoms with Gasteiger partial charge in [0.15, 0.2) is 0 Å². The molecule has 34 heavy (non-hydrogen) atoms. The Morgan fingerprint density at radius 3 is 2.74 bits per heavy atom. The topological polar surface area (TPSA) is 63.6 Å². The van der Waals surface area contributed by atoms with Crippen molar-refractivity contribution >= 4 is 40.2 Å². The Morgan fingerprint density at radius 2 is 1.97 bits per heavy atom. The average molecular weight is 480 g/mol. The van der Waals surface area contributed by atoms with Gasteiger partial charge in [-0.15, -0.1) is 0 Å². The largest absolute Gasteiger partial charge is 0.379 e. The number of para-hydroxylation sites is 1. The molecule has 2 heterocycles. The molecule has 0 fully saturated rings. The highest BCUT2D eigenvalue weighted by Crippen LogP contribution is 2.44. The zero-order valence-corrected chi connectivity index (χ0v) is 21.4. The number of rotatable bonds is 7. The van der Waals surface area contributed by atoms with Gasteiger partial charge in [-0.05, 0) is 57.4 Å². The highest BCUT2D eigenvalue weighted by molar-refractivity contribution is 8.00. The number of hydrogen-bond donors (Lipinski definition) is 1. The third kappa shape index (κ3) is 4.72. The molecule has 1 N–H and O–H groups in total. The van der Waals surface area contributed by atoms with E-state index in [1.807, 2.05) is 71.1 Å². The second-order valence-corrected chi connectivity index (χ2v) is 10.1. The van der Waals surface area contributed by atoms with Crippen molar-refractivity contribution in [1.29, 1.82) is 0 Å². The molecule has 0 saturated heterocycles. The van der Waals surface area contributed by atoms with Crippen LogP contribution in [-0.2, 0) is 21.4 Å². The number of nitrogens with one attached hydrogen (secondary N) is 1. The Hall–Kier alpha value is -2.77. The average Bonchev–Trinajstić information content (AvgIpc) is 2.98. The van der Waals surface area contributed by atoms with Gasteiger partial charge in [0, 0.05) is 42.4 Å². The molecule has 1 aliphatic rings. The number of aryl methyl sites for hydroxylation is 3. The van der Waals surface area contributed by atoms with Crippen molar-refractivity contribution in [3.63, 3.8) is 0 Å². The number of fused-ring (bicyclic) bond motifs is 3. The standard InChI is InChI=1S/C27H33N3O3S/c1-17(2)33-14-8-13-28-26(32)25-24-20-9-6-7-10-21(20)29(5)27(24)34-16-23(31)30(25)22-15-18(3)11-12-19(22)4/h6-7,9-12,15,17,25H,8,13-14,16H2,1-5H3,(H,28,32). The molecule has 0 spiro atoms. The lowest BCUT2D eigenvalue weighted by atomic mass is 10.0. The minimum atomic E-state index is -0.755. The van der Waals surface area contributed by atoms with E-state index in [2.05, 4.69) is 16.0 Å². The highest BCUT2D eigenvalue weighted by Gasteiger charge is 2.40. The Bertz CT molecular complexity index is 1220. The van der Waals surface area contributed by atoms with Gasteiger partial charge < -0.3 is 14.6 Å². The summed E-state index contributed by atoms with van der Waals surface area (Å²) in [6, 6.07) is 13.4. The lowest BCUT2D eigenvalue weighted by Gasteiger charge is -2.31. The van der Waals surface area contributed by atoms with E-state index in [4.69, 9.17) is 4.74 Å². The molecular formula is C27H33N3O3S. The van der Waals surface area contributed by atoms with E-state index in [9.17, 15) is 9.59 Å². The van der Waals surface area contributed by atoms with Crippen LogP contribution in [0.4, 0.5) is 5.69 Å². The van der Waals surface area contributed by atoms with Crippen molar-refractivity contribution in [2.24, 2.45) is 7.05 Å². The number of amides is 2. The summed E-state index contributed by atoms with van der Waals surface area (Å²) >= 11 is 1.51. The Kier molecular flexibility index (Phi) is 7.33. The van der Waals surface area contributed by atoms with Gasteiger partial charge in [-0.25, -0.2) is 0 Å². The summed E-state index contributed by atoms with van der Waals surface area (Å²) in [5.74, 6) is 0.0393. The van der Waals surface area contributed by atoms with Crippen LogP contribution < -0.4 is 10.2 Å². The molecule has 7 heteroatoms. The number of thioether (sulfide) groups is 1. The predicted octanol–water partition coefficient (Wildman–Crippen LogP) is 4.91. The first-order valence-corrected chi connectivity index (χ1v) is 12.8. The number of anilines is 1. The van der Waals surface area contributed by atoms with E-state index in [1.165, 1.54) is 11.8 Å². The summed E-state index contributed by atoms with van der Waals surface area (Å²) in [4.78, 5) is 29.1. The number of carbonyl (C=O) groups is 2. The normalized spacial score (nSPS) is 16.1. The maximum absolute atomic E-state index is 13.8. The molecule has 1 atom stereocenters. The second kappa shape index (κ2) is 10.2. The number of hydrogen-bond acceptors (Lipinski definition) is 4. The van der Waals surface area contributed by atoms with Gasteiger partial charge in [0.05, 0.1) is 16.9 Å². The van der Waals surface area contributed by atoms with E-state index < -0.39 is 6.04 Å². The quantitative estimate of drug-likeness (QED) is 0.489. The summed E-state index contributed by atoms with van der Waals surface area (Å²) in [6.07, 6.45) is 0.871. The first-order valence-electron chi connectivity index (χ1n) is 11.8. The monoisotopic (exact) mass is 479 g/mol. The molecule has 180 valence electrons. The smallest absolute Gasteiger partial charge is 0.247 e. The van der Waals surface area contributed by atoms with Crippen LogP contribution in [0.1, 0.15) is 43.0 Å². The van der Waals surface area contributed by atoms with E-state index in [0.717, 1.165) is 38.3 Å². The van der Waals surface area contributed by atoms with E-state index in [0.29, 0.717) is 19.6 Å². The van der Waals surface area contributed by atoms with Crippen molar-refractivity contribution < 1.29 is 14.3 Å². The van der Waals surface area contributed by atoms with Gasteiger partial charge in [-0.3, -0.25) is 14.5 Å². The number of benzene rings is 2. The minimum Gasteiger partial charge on any atom is -0.379 e. The van der Waals surface area contributed by atoms with Crippen molar-refractivity contribution in [3.8, 4) is 0 Å². The van der Waals surface area contributed by atoms with Crippen molar-refractivity contribution in [2.75, 3.05) is 23.8 Å². The molecule has 1 unspecified atom stereocenters. The van der Waals surface area contributed by atoms with E-state index in [1.54, 1.807) is 4.90 Å². The van der Waals surface area contributed by atoms with Crippen LogP contribution in [0.5, 0.6) is 0 Å². The second-order valence-electron chi connectivity index (χ2n) is 9.10. The number of nitrogens with zero attached hydrogens (tertiary/aromatic N) is 2. The number of ether oxygens (including phenoxy) is 1. The number of carbonyl (C=O) groups excluding carboxylic acids is 2. The van der Waals surface area contributed by atoms with Gasteiger partial charge in [0.25, 0.3) is 0 Å². The molecule has 0 radical (unpaired) electrons. The van der Waals surface area contributed by atoms with Gasteiger partial charge in [0.1, 0.15) is 6.04 Å². The fourth-order valence-electron chi connectivity index (χ4n) is 4.51. The molecule has 2 amide bonds. The predicted molar refractivity (Wildman–Crippen MR) is 139 cm³/mol. The minimum absolute atomic E-state index is 0.0673. The van der Waals surface area contributed by atoms with Gasteiger partial charge in [-0.2, -0.15) is 0 Å². The molecule has 0 aliphatic carbocycles. The summed E-state index contributed by atoms with van der Waals surface area (Å²) in [7, 11) is 2.00. The summed E-state index contributed by atoms with van der Waals surface area (Å²) in [5, 5.41) is 5.06. The molecular weight excluding hydrogens is 446 g/mol. The molecule has 6 nitrogen and oxygen atoms in total. The van der Waals surface area contributed by atoms with Gasteiger partial charge >= 0.3 is 0 Å². The van der Waals surface area contributed by atoms with Crippen molar-refractivity contribution in [3.05, 3.63) is 59.2 Å². The molecule has 1 aliphatic heterocycles. The molecule has 4 rings (SSSR count). The Balaban J connectivity index is 1.80. The van der Waals surface area contributed by atoms with Crippen LogP contribution in [0.2, 0.25) is 0 Å². The third-order valence-electron chi connectivity index (χ3n) is 6.17. The maximum Gasteiger partial charge on any atom is 0.247 e. The van der Waals surface area contributed by atoms with Gasteiger partial charge in [-0.1, -0.05) is 42.1 Å². The molecule has 0 bridgehead atoms. The van der Waals surface area contributed by atoms with Crippen LogP contribution in [0.25, 0.3) is 10.9 Å². The third-order valence-corrected chi connectivity index (χ3v) is 7.33. The lowest BCUT2D eigenvalue weighted by Crippen LogP contribution is -2.44. The van der Waals surface area contributed by atoms with Crippen LogP contribution in [-0.4, -0.2) is 41.4 Å². The SMILES string of the molecule is Cc1ccc(C)c(N2C(=O)CSc3c(c4ccccc4n3C)C2C(=O)NCCCOC(C)C)c1. The van der Waals surface area contributed by atoms with Crippen molar-refractivity contribution in [1.82, 2.24) is 9.88 Å². The molecule has 2 aromatic carbocycles. The van der Waals surface area contributed by atoms with Crippen LogP contribution in [0.15, 0.2) is 47.5 Å². The molecule has 0 saturated carbocycles. The maximum atomic E-state index is 13.8. The Labute approximate surface area is 205 Å². The summed E-state index contributed by atoms with van der Waals surface area (Å²) in [5.41, 5.74) is 4.75. The van der Waals surface area contributed by atoms with E-state index >= 15 is 0 Å². The lowest BCUT2D eigenvalue weighted by molar-refractivity contribution is -0.125. The highest BCUT2D eigenvalue weighted by atomic mass is 32.2. The summed E-state index contributed by atoms with van der Waals surface area (Å²) in [6.45, 7) is 9.06. The van der Waals surface area contributed by atoms with Crippen LogP contribution >= 0.6 is 11.8 Å². The van der Waals surface area contributed by atoms with Gasteiger partial charge in [0.2, 0.25) is 11.8 Å². The fourth-order valence-corrected chi connectivity index (χ4v) is 5.58. The van der Waals surface area contributed by atoms with Crippen molar-refractivity contribution in [2.45, 2.75) is 51.3 Å². The molecule has 1 aromatic heterocycles. The first-order chi connectivity index (χ1) is 16.3. The fraction of sp³-hybridized carbons (Fsp3) is 0.407. The van der Waals surface area contributed by atoms with Crippen LogP contribution in [0.3, 0.4) is 0 Å². The van der Waals surface area contributed by atoms with E-state index in [-0.39, 0.29) is 23.7 Å².